The topological polar surface area (TPSA) is 96.0 Å². The molecule has 3 rings (SSSR count). The van der Waals surface area contributed by atoms with Crippen LogP contribution < -0.4 is 20.3 Å². The number of methoxy groups -OCH3 is 1. The first-order valence-corrected chi connectivity index (χ1v) is 9.88. The van der Waals surface area contributed by atoms with Crippen molar-refractivity contribution in [3.8, 4) is 5.75 Å². The van der Waals surface area contributed by atoms with Gasteiger partial charge in [-0.25, -0.2) is 9.78 Å². The van der Waals surface area contributed by atoms with E-state index in [2.05, 4.69) is 20.5 Å². The van der Waals surface area contributed by atoms with Crippen molar-refractivity contribution in [1.82, 2.24) is 9.88 Å². The highest BCUT2D eigenvalue weighted by Gasteiger charge is 2.21. The van der Waals surface area contributed by atoms with Crippen molar-refractivity contribution in [2.24, 2.45) is 0 Å². The molecule has 0 unspecified atom stereocenters. The Morgan fingerprint density at radius 3 is 2.50 bits per heavy atom. The largest absolute Gasteiger partial charge is 0.492 e. The summed E-state index contributed by atoms with van der Waals surface area (Å²) >= 11 is 0. The average molecular weight is 413 g/mol. The molecule has 30 heavy (non-hydrogen) atoms. The van der Waals surface area contributed by atoms with E-state index in [1.165, 1.54) is 7.11 Å². The van der Waals surface area contributed by atoms with Crippen LogP contribution in [0.15, 0.2) is 42.6 Å². The maximum atomic E-state index is 12.3. The van der Waals surface area contributed by atoms with Crippen molar-refractivity contribution in [3.63, 3.8) is 0 Å². The molecule has 0 aliphatic carbocycles. The lowest BCUT2D eigenvalue weighted by Gasteiger charge is -2.35. The lowest BCUT2D eigenvalue weighted by molar-refractivity contribution is -0.135. The van der Waals surface area contributed by atoms with E-state index < -0.39 is 0 Å². The number of urea groups is 1. The summed E-state index contributed by atoms with van der Waals surface area (Å²) in [4.78, 5) is 32.6. The number of pyridine rings is 1. The van der Waals surface area contributed by atoms with Gasteiger partial charge < -0.3 is 29.9 Å². The summed E-state index contributed by atoms with van der Waals surface area (Å²) in [5.41, 5.74) is 1.18. The van der Waals surface area contributed by atoms with Gasteiger partial charge in [0, 0.05) is 33.3 Å². The number of carbonyl (C=O) groups excluding carboxylic acids is 2. The molecule has 1 aromatic heterocycles. The van der Waals surface area contributed by atoms with E-state index in [0.717, 1.165) is 5.82 Å². The summed E-state index contributed by atoms with van der Waals surface area (Å²) in [5.74, 6) is 1.43. The first-order chi connectivity index (χ1) is 14.6. The number of rotatable bonds is 7. The quantitative estimate of drug-likeness (QED) is 0.724. The second-order valence-corrected chi connectivity index (χ2v) is 6.71. The third kappa shape index (κ3) is 5.60. The molecule has 0 saturated carbocycles. The predicted molar refractivity (Wildman–Crippen MR) is 115 cm³/mol. The molecular formula is C21H27N5O4. The third-order valence-electron chi connectivity index (χ3n) is 4.67. The fourth-order valence-corrected chi connectivity index (χ4v) is 3.18. The standard InChI is InChI=1S/C21H27N5O4/c1-3-30-18-7-5-4-6-17(18)24-21(28)23-16-8-9-19(22-14-16)25-10-12-26(13-11-25)20(27)15-29-2/h4-9,14H,3,10-13,15H2,1-2H3,(H2,23,24,28). The zero-order valence-electron chi connectivity index (χ0n) is 17.3. The summed E-state index contributed by atoms with van der Waals surface area (Å²) in [6.07, 6.45) is 1.62. The highest BCUT2D eigenvalue weighted by molar-refractivity contribution is 6.00. The lowest BCUT2D eigenvalue weighted by atomic mass is 10.3. The number of anilines is 3. The maximum absolute atomic E-state index is 12.3. The number of hydrogen-bond acceptors (Lipinski definition) is 6. The van der Waals surface area contributed by atoms with Gasteiger partial charge >= 0.3 is 6.03 Å². The van der Waals surface area contributed by atoms with Gasteiger partial charge in [-0.05, 0) is 31.2 Å². The number of hydrogen-bond donors (Lipinski definition) is 2. The second-order valence-electron chi connectivity index (χ2n) is 6.71. The van der Waals surface area contributed by atoms with Crippen LogP contribution in [0.1, 0.15) is 6.92 Å². The van der Waals surface area contributed by atoms with Crippen molar-refractivity contribution in [1.29, 1.82) is 0 Å². The summed E-state index contributed by atoms with van der Waals surface area (Å²) in [5, 5.41) is 5.56. The van der Waals surface area contributed by atoms with Gasteiger partial charge in [0.1, 0.15) is 18.2 Å². The van der Waals surface area contributed by atoms with Crippen LogP contribution in [0.3, 0.4) is 0 Å². The van der Waals surface area contributed by atoms with E-state index in [1.54, 1.807) is 29.3 Å². The Kier molecular flexibility index (Phi) is 7.45. The Hall–Kier alpha value is -3.33. The molecule has 9 nitrogen and oxygen atoms in total. The van der Waals surface area contributed by atoms with Gasteiger partial charge in [0.25, 0.3) is 0 Å². The van der Waals surface area contributed by atoms with Crippen LogP contribution in [-0.4, -0.2) is 68.3 Å². The Morgan fingerprint density at radius 1 is 1.07 bits per heavy atom. The first-order valence-electron chi connectivity index (χ1n) is 9.88. The van der Waals surface area contributed by atoms with E-state index in [0.29, 0.717) is 49.9 Å². The number of nitrogens with zero attached hydrogens (tertiary/aromatic N) is 3. The molecule has 1 aliphatic rings. The van der Waals surface area contributed by atoms with Crippen LogP contribution >= 0.6 is 0 Å². The van der Waals surface area contributed by atoms with Crippen LogP contribution in [-0.2, 0) is 9.53 Å². The molecule has 1 fully saturated rings. The molecule has 160 valence electrons. The summed E-state index contributed by atoms with van der Waals surface area (Å²) in [7, 11) is 1.52. The molecule has 0 bridgehead atoms. The molecule has 1 saturated heterocycles. The highest BCUT2D eigenvalue weighted by Crippen LogP contribution is 2.24. The minimum Gasteiger partial charge on any atom is -0.492 e. The third-order valence-corrected chi connectivity index (χ3v) is 4.67. The molecule has 0 radical (unpaired) electrons. The van der Waals surface area contributed by atoms with Gasteiger partial charge in [0.05, 0.1) is 24.2 Å². The molecule has 2 N–H and O–H groups in total. The number of amides is 3. The smallest absolute Gasteiger partial charge is 0.323 e. The number of nitrogens with one attached hydrogen (secondary N) is 2. The van der Waals surface area contributed by atoms with Crippen molar-refractivity contribution in [2.45, 2.75) is 6.92 Å². The number of benzene rings is 1. The molecule has 0 spiro atoms. The molecule has 0 atom stereocenters. The van der Waals surface area contributed by atoms with Crippen LogP contribution in [0.25, 0.3) is 0 Å². The zero-order chi connectivity index (χ0) is 21.3. The predicted octanol–water partition coefficient (Wildman–Crippen LogP) is 2.42. The average Bonchev–Trinajstić information content (AvgIpc) is 2.76. The second kappa shape index (κ2) is 10.4. The number of piperazine rings is 1. The van der Waals surface area contributed by atoms with Crippen molar-refractivity contribution in [3.05, 3.63) is 42.6 Å². The van der Waals surface area contributed by atoms with Crippen molar-refractivity contribution < 1.29 is 19.1 Å². The first kappa shape index (κ1) is 21.4. The molecule has 1 aromatic carbocycles. The maximum Gasteiger partial charge on any atom is 0.323 e. The summed E-state index contributed by atoms with van der Waals surface area (Å²) in [6.45, 7) is 5.17. The van der Waals surface area contributed by atoms with E-state index in [1.807, 2.05) is 25.1 Å². The van der Waals surface area contributed by atoms with Gasteiger partial charge in [-0.2, -0.15) is 0 Å². The Morgan fingerprint density at radius 2 is 1.83 bits per heavy atom. The zero-order valence-corrected chi connectivity index (χ0v) is 17.3. The monoisotopic (exact) mass is 413 g/mol. The number of para-hydroxylation sites is 2. The van der Waals surface area contributed by atoms with Crippen LogP contribution in [0, 0.1) is 0 Å². The van der Waals surface area contributed by atoms with Crippen LogP contribution in [0.2, 0.25) is 0 Å². The molecule has 9 heteroatoms. The van der Waals surface area contributed by atoms with Crippen LogP contribution in [0.5, 0.6) is 5.75 Å². The molecular weight excluding hydrogens is 386 g/mol. The minimum absolute atomic E-state index is 0.00146. The van der Waals surface area contributed by atoms with Gasteiger partial charge in [-0.1, -0.05) is 12.1 Å². The Labute approximate surface area is 176 Å². The van der Waals surface area contributed by atoms with Crippen LogP contribution in [0.4, 0.5) is 22.0 Å². The minimum atomic E-state index is -0.373. The molecule has 3 amide bonds. The van der Waals surface area contributed by atoms with Gasteiger partial charge in [0.15, 0.2) is 0 Å². The number of carbonyl (C=O) groups is 2. The van der Waals surface area contributed by atoms with E-state index >= 15 is 0 Å². The fourth-order valence-electron chi connectivity index (χ4n) is 3.18. The Balaban J connectivity index is 1.53. The van der Waals surface area contributed by atoms with Gasteiger partial charge in [-0.15, -0.1) is 0 Å². The highest BCUT2D eigenvalue weighted by atomic mass is 16.5. The van der Waals surface area contributed by atoms with E-state index in [9.17, 15) is 9.59 Å². The van der Waals surface area contributed by atoms with Crippen molar-refractivity contribution in [2.75, 3.05) is 62.0 Å². The van der Waals surface area contributed by atoms with Gasteiger partial charge in [0.2, 0.25) is 5.91 Å². The lowest BCUT2D eigenvalue weighted by Crippen LogP contribution is -2.49. The van der Waals surface area contributed by atoms with Crippen molar-refractivity contribution >= 4 is 29.1 Å². The Bertz CT molecular complexity index is 851. The van der Waals surface area contributed by atoms with E-state index in [-0.39, 0.29) is 18.5 Å². The normalized spacial score (nSPS) is 13.7. The number of ether oxygens (including phenoxy) is 2. The molecule has 2 heterocycles. The number of aromatic nitrogens is 1. The fraction of sp³-hybridized carbons (Fsp3) is 0.381. The summed E-state index contributed by atoms with van der Waals surface area (Å²) in [6, 6.07) is 10.6. The van der Waals surface area contributed by atoms with E-state index in [4.69, 9.17) is 9.47 Å². The SMILES string of the molecule is CCOc1ccccc1NC(=O)Nc1ccc(N2CCN(C(=O)COC)CC2)nc1. The molecule has 2 aromatic rings. The van der Waals surface area contributed by atoms with Gasteiger partial charge in [-0.3, -0.25) is 4.79 Å². The molecule has 1 aliphatic heterocycles. The summed E-state index contributed by atoms with van der Waals surface area (Å²) < 4.78 is 10.4.